The summed E-state index contributed by atoms with van der Waals surface area (Å²) in [5.41, 5.74) is 2.42. The van der Waals surface area contributed by atoms with Crippen molar-refractivity contribution in [1.29, 1.82) is 0 Å². The number of H-pyrrole nitrogens is 1. The molecule has 6 nitrogen and oxygen atoms in total. The molecule has 0 aliphatic carbocycles. The molecule has 0 spiro atoms. The van der Waals surface area contributed by atoms with Gasteiger partial charge in [0.1, 0.15) is 11.6 Å². The first-order valence-corrected chi connectivity index (χ1v) is 8.82. The van der Waals surface area contributed by atoms with E-state index in [9.17, 15) is 12.8 Å². The number of imidazole rings is 1. The van der Waals surface area contributed by atoms with Crippen LogP contribution < -0.4 is 4.72 Å². The Labute approximate surface area is 142 Å². The number of fused-ring (bicyclic) bond motifs is 1. The summed E-state index contributed by atoms with van der Waals surface area (Å²) in [4.78, 5) is 7.53. The number of nitrogens with one attached hydrogen (secondary N) is 2. The number of benzene rings is 2. The van der Waals surface area contributed by atoms with Crippen LogP contribution in [-0.4, -0.2) is 18.4 Å². The lowest BCUT2D eigenvalue weighted by Crippen LogP contribution is -2.11. The van der Waals surface area contributed by atoms with E-state index in [0.29, 0.717) is 22.5 Å². The normalized spacial score (nSPS) is 11.7. The van der Waals surface area contributed by atoms with Crippen molar-refractivity contribution in [1.82, 2.24) is 9.97 Å². The van der Waals surface area contributed by atoms with Crippen molar-refractivity contribution in [2.45, 2.75) is 5.09 Å². The maximum Gasteiger partial charge on any atom is 0.295 e. The Morgan fingerprint density at radius 1 is 1.08 bits per heavy atom. The Kier molecular flexibility index (Phi) is 3.54. The molecule has 0 atom stereocenters. The summed E-state index contributed by atoms with van der Waals surface area (Å²) < 4.78 is 44.8. The Morgan fingerprint density at radius 2 is 1.88 bits per heavy atom. The van der Waals surface area contributed by atoms with Crippen molar-refractivity contribution >= 4 is 26.7 Å². The van der Waals surface area contributed by atoms with Gasteiger partial charge in [-0.2, -0.15) is 8.42 Å². The van der Waals surface area contributed by atoms with E-state index in [1.165, 1.54) is 30.5 Å². The maximum atomic E-state index is 13.0. The molecule has 0 aliphatic heterocycles. The lowest BCUT2D eigenvalue weighted by Gasteiger charge is -2.05. The third kappa shape index (κ3) is 2.99. The van der Waals surface area contributed by atoms with Crippen LogP contribution in [0.15, 0.2) is 70.4 Å². The number of aromatic amines is 1. The molecule has 2 N–H and O–H groups in total. The fourth-order valence-corrected chi connectivity index (χ4v) is 3.42. The highest BCUT2D eigenvalue weighted by atomic mass is 32.2. The number of anilines is 1. The standard InChI is InChI=1S/C17H12FN3O3S/c18-12-5-3-11(4-6-12)17-19-14-8-7-13(10-15(14)20-17)21-25(22,23)16-2-1-9-24-16/h1-10,21H,(H,19,20). The van der Waals surface area contributed by atoms with E-state index in [1.54, 1.807) is 30.3 Å². The maximum absolute atomic E-state index is 13.0. The summed E-state index contributed by atoms with van der Waals surface area (Å²) >= 11 is 0. The Morgan fingerprint density at radius 3 is 2.60 bits per heavy atom. The van der Waals surface area contributed by atoms with E-state index in [-0.39, 0.29) is 10.9 Å². The van der Waals surface area contributed by atoms with Crippen LogP contribution >= 0.6 is 0 Å². The summed E-state index contributed by atoms with van der Waals surface area (Å²) in [5.74, 6) is 0.246. The van der Waals surface area contributed by atoms with Crippen LogP contribution in [0.5, 0.6) is 0 Å². The zero-order chi connectivity index (χ0) is 17.4. The quantitative estimate of drug-likeness (QED) is 0.582. The zero-order valence-electron chi connectivity index (χ0n) is 12.7. The second-order valence-electron chi connectivity index (χ2n) is 5.36. The van der Waals surface area contributed by atoms with Crippen molar-refractivity contribution in [3.63, 3.8) is 0 Å². The highest BCUT2D eigenvalue weighted by Gasteiger charge is 2.17. The molecule has 0 fully saturated rings. The number of sulfonamides is 1. The van der Waals surface area contributed by atoms with Crippen LogP contribution in [0.1, 0.15) is 0 Å². The van der Waals surface area contributed by atoms with Gasteiger partial charge in [-0.15, -0.1) is 0 Å². The lowest BCUT2D eigenvalue weighted by molar-refractivity contribution is 0.452. The largest absolute Gasteiger partial charge is 0.451 e. The second kappa shape index (κ2) is 5.75. The van der Waals surface area contributed by atoms with Crippen LogP contribution in [0.2, 0.25) is 0 Å². The summed E-state index contributed by atoms with van der Waals surface area (Å²) in [7, 11) is -3.78. The first kappa shape index (κ1) is 15.4. The minimum atomic E-state index is -3.78. The van der Waals surface area contributed by atoms with Gasteiger partial charge in [0.2, 0.25) is 5.09 Å². The zero-order valence-corrected chi connectivity index (χ0v) is 13.5. The second-order valence-corrected chi connectivity index (χ2v) is 6.98. The number of furan rings is 1. The minimum absolute atomic E-state index is 0.163. The van der Waals surface area contributed by atoms with E-state index < -0.39 is 10.0 Å². The van der Waals surface area contributed by atoms with Crippen molar-refractivity contribution in [3.8, 4) is 11.4 Å². The molecule has 8 heteroatoms. The average Bonchev–Trinajstić information content (AvgIpc) is 3.25. The average molecular weight is 357 g/mol. The molecule has 4 rings (SSSR count). The van der Waals surface area contributed by atoms with Crippen LogP contribution in [0, 0.1) is 5.82 Å². The summed E-state index contributed by atoms with van der Waals surface area (Å²) in [5, 5.41) is -0.163. The molecule has 0 unspecified atom stereocenters. The number of rotatable bonds is 4. The fraction of sp³-hybridized carbons (Fsp3) is 0. The summed E-state index contributed by atoms with van der Waals surface area (Å²) in [6, 6.07) is 13.7. The van der Waals surface area contributed by atoms with Crippen LogP contribution in [-0.2, 0) is 10.0 Å². The molecule has 126 valence electrons. The topological polar surface area (TPSA) is 88.0 Å². The van der Waals surface area contributed by atoms with Crippen molar-refractivity contribution in [2.75, 3.05) is 4.72 Å². The van der Waals surface area contributed by atoms with Crippen LogP contribution in [0.3, 0.4) is 0 Å². The van der Waals surface area contributed by atoms with Gasteiger partial charge in [0.05, 0.1) is 23.0 Å². The van der Waals surface area contributed by atoms with Gasteiger partial charge < -0.3 is 9.40 Å². The molecule has 0 aliphatic rings. The Hall–Kier alpha value is -3.13. The van der Waals surface area contributed by atoms with E-state index in [4.69, 9.17) is 4.42 Å². The van der Waals surface area contributed by atoms with Gasteiger partial charge in [-0.3, -0.25) is 4.72 Å². The van der Waals surface area contributed by atoms with Gasteiger partial charge in [0.15, 0.2) is 0 Å². The number of halogens is 1. The van der Waals surface area contributed by atoms with Crippen LogP contribution in [0.25, 0.3) is 22.4 Å². The fourth-order valence-electron chi connectivity index (χ4n) is 2.44. The molecule has 0 saturated carbocycles. The van der Waals surface area contributed by atoms with Crippen molar-refractivity contribution < 1.29 is 17.2 Å². The first-order valence-electron chi connectivity index (χ1n) is 7.33. The van der Waals surface area contributed by atoms with Gasteiger partial charge in [-0.1, -0.05) is 0 Å². The summed E-state index contributed by atoms with van der Waals surface area (Å²) in [6.45, 7) is 0. The Balaban J connectivity index is 1.68. The first-order chi connectivity index (χ1) is 12.0. The van der Waals surface area contributed by atoms with Crippen molar-refractivity contribution in [3.05, 3.63) is 66.7 Å². The molecule has 0 saturated heterocycles. The monoisotopic (exact) mass is 357 g/mol. The predicted octanol–water partition coefficient (Wildman–Crippen LogP) is 3.76. The number of hydrogen-bond donors (Lipinski definition) is 2. The van der Waals surface area contributed by atoms with Crippen molar-refractivity contribution in [2.24, 2.45) is 0 Å². The highest BCUT2D eigenvalue weighted by molar-refractivity contribution is 7.92. The van der Waals surface area contributed by atoms with E-state index in [0.717, 1.165) is 5.56 Å². The third-order valence-electron chi connectivity index (χ3n) is 3.61. The minimum Gasteiger partial charge on any atom is -0.451 e. The third-order valence-corrected chi connectivity index (χ3v) is 4.88. The number of nitrogens with zero attached hydrogens (tertiary/aromatic N) is 1. The highest BCUT2D eigenvalue weighted by Crippen LogP contribution is 2.24. The molecule has 0 amide bonds. The van der Waals surface area contributed by atoms with E-state index in [2.05, 4.69) is 14.7 Å². The van der Waals surface area contributed by atoms with E-state index >= 15 is 0 Å². The Bertz CT molecular complexity index is 1130. The number of aromatic nitrogens is 2. The molecule has 2 heterocycles. The van der Waals surface area contributed by atoms with Gasteiger partial charge in [0, 0.05) is 5.56 Å². The van der Waals surface area contributed by atoms with Gasteiger partial charge >= 0.3 is 0 Å². The molecular formula is C17H12FN3O3S. The molecule has 2 aromatic carbocycles. The van der Waals surface area contributed by atoms with Gasteiger partial charge in [0.25, 0.3) is 10.0 Å². The van der Waals surface area contributed by atoms with Gasteiger partial charge in [-0.05, 0) is 54.6 Å². The predicted molar refractivity (Wildman–Crippen MR) is 91.0 cm³/mol. The lowest BCUT2D eigenvalue weighted by atomic mass is 10.2. The summed E-state index contributed by atoms with van der Waals surface area (Å²) in [6.07, 6.45) is 1.29. The van der Waals surface area contributed by atoms with E-state index in [1.807, 2.05) is 0 Å². The smallest absolute Gasteiger partial charge is 0.295 e. The molecule has 25 heavy (non-hydrogen) atoms. The molecule has 4 aromatic rings. The molecular weight excluding hydrogens is 345 g/mol. The van der Waals surface area contributed by atoms with Gasteiger partial charge in [-0.25, -0.2) is 9.37 Å². The molecule has 0 radical (unpaired) electrons. The van der Waals surface area contributed by atoms with Crippen LogP contribution in [0.4, 0.5) is 10.1 Å². The molecule has 0 bridgehead atoms. The SMILES string of the molecule is O=S(=O)(Nc1ccc2nc(-c3ccc(F)cc3)[nH]c2c1)c1ccco1. The number of hydrogen-bond acceptors (Lipinski definition) is 4. The molecule has 2 aromatic heterocycles.